The van der Waals surface area contributed by atoms with Gasteiger partial charge in [0, 0.05) is 37.4 Å². The van der Waals surface area contributed by atoms with Gasteiger partial charge in [0.1, 0.15) is 0 Å². The molecule has 1 aliphatic rings. The van der Waals surface area contributed by atoms with Crippen molar-refractivity contribution < 1.29 is 4.79 Å². The quantitative estimate of drug-likeness (QED) is 0.772. The van der Waals surface area contributed by atoms with Gasteiger partial charge in [-0.3, -0.25) is 4.68 Å². The van der Waals surface area contributed by atoms with Gasteiger partial charge in [0.15, 0.2) is 0 Å². The molecule has 2 amide bonds. The molecular formula is C22H33N5O. The summed E-state index contributed by atoms with van der Waals surface area (Å²) in [6.07, 6.45) is 2.58. The van der Waals surface area contributed by atoms with Crippen LogP contribution < -0.4 is 10.6 Å². The third-order valence-electron chi connectivity index (χ3n) is 5.59. The smallest absolute Gasteiger partial charge is 0.315 e. The van der Waals surface area contributed by atoms with E-state index < -0.39 is 0 Å². The van der Waals surface area contributed by atoms with Crippen molar-refractivity contribution in [2.75, 3.05) is 26.2 Å². The van der Waals surface area contributed by atoms with Gasteiger partial charge >= 0.3 is 6.03 Å². The Morgan fingerprint density at radius 3 is 2.75 bits per heavy atom. The lowest BCUT2D eigenvalue weighted by Crippen LogP contribution is -2.42. The van der Waals surface area contributed by atoms with Crippen LogP contribution in [-0.2, 0) is 13.1 Å². The molecule has 1 unspecified atom stereocenters. The molecule has 0 aliphatic carbocycles. The van der Waals surface area contributed by atoms with Crippen LogP contribution in [0.15, 0.2) is 30.3 Å². The number of aryl methyl sites for hydroxylation is 1. The molecule has 1 fully saturated rings. The maximum Gasteiger partial charge on any atom is 0.315 e. The average Bonchev–Trinajstić information content (AvgIpc) is 2.94. The number of hydrogen-bond donors (Lipinski definition) is 2. The van der Waals surface area contributed by atoms with Crippen molar-refractivity contribution in [2.24, 2.45) is 5.92 Å². The first-order valence-electron chi connectivity index (χ1n) is 10.3. The van der Waals surface area contributed by atoms with Gasteiger partial charge in [-0.05, 0) is 44.7 Å². The van der Waals surface area contributed by atoms with Crippen LogP contribution in [-0.4, -0.2) is 46.9 Å². The van der Waals surface area contributed by atoms with E-state index in [1.165, 1.54) is 18.4 Å². The summed E-state index contributed by atoms with van der Waals surface area (Å²) in [4.78, 5) is 14.6. The highest BCUT2D eigenvalue weighted by molar-refractivity contribution is 5.73. The van der Waals surface area contributed by atoms with Crippen molar-refractivity contribution in [3.63, 3.8) is 0 Å². The van der Waals surface area contributed by atoms with Crippen molar-refractivity contribution in [1.82, 2.24) is 25.3 Å². The standard InChI is InChI=1S/C22H33N5O/c1-17-8-7-12-26(15-17)13-11-23-22(28)24-14-21-18(2)25-27(19(21)3)16-20-9-5-4-6-10-20/h4-6,9-10,17H,7-8,11-16H2,1-3H3,(H2,23,24,28). The van der Waals surface area contributed by atoms with Crippen LogP contribution in [0.4, 0.5) is 4.79 Å². The van der Waals surface area contributed by atoms with Crippen LogP contribution in [0.3, 0.4) is 0 Å². The summed E-state index contributed by atoms with van der Waals surface area (Å²) in [6.45, 7) is 11.5. The Morgan fingerprint density at radius 1 is 1.21 bits per heavy atom. The first-order valence-corrected chi connectivity index (χ1v) is 10.3. The molecule has 2 heterocycles. The Morgan fingerprint density at radius 2 is 2.00 bits per heavy atom. The van der Waals surface area contributed by atoms with E-state index >= 15 is 0 Å². The van der Waals surface area contributed by atoms with Crippen molar-refractivity contribution in [1.29, 1.82) is 0 Å². The van der Waals surface area contributed by atoms with Gasteiger partial charge in [0.2, 0.25) is 0 Å². The van der Waals surface area contributed by atoms with Crippen molar-refractivity contribution in [3.8, 4) is 0 Å². The first kappa shape index (κ1) is 20.4. The summed E-state index contributed by atoms with van der Waals surface area (Å²) in [6, 6.07) is 10.2. The van der Waals surface area contributed by atoms with Crippen LogP contribution >= 0.6 is 0 Å². The number of benzene rings is 1. The molecule has 6 nitrogen and oxygen atoms in total. The molecule has 1 atom stereocenters. The second-order valence-corrected chi connectivity index (χ2v) is 7.95. The number of aromatic nitrogens is 2. The molecule has 6 heteroatoms. The lowest BCUT2D eigenvalue weighted by Gasteiger charge is -2.30. The number of rotatable bonds is 7. The van der Waals surface area contributed by atoms with E-state index in [0.717, 1.165) is 49.0 Å². The molecular weight excluding hydrogens is 350 g/mol. The number of likely N-dealkylation sites (tertiary alicyclic amines) is 1. The van der Waals surface area contributed by atoms with Crippen LogP contribution in [0.2, 0.25) is 0 Å². The summed E-state index contributed by atoms with van der Waals surface area (Å²) in [7, 11) is 0. The Labute approximate surface area is 168 Å². The number of carbonyl (C=O) groups excluding carboxylic acids is 1. The van der Waals surface area contributed by atoms with Gasteiger partial charge < -0.3 is 15.5 Å². The minimum atomic E-state index is -0.111. The maximum absolute atomic E-state index is 12.2. The zero-order chi connectivity index (χ0) is 19.9. The second kappa shape index (κ2) is 9.73. The molecule has 2 aromatic rings. The van der Waals surface area contributed by atoms with Gasteiger partial charge in [-0.15, -0.1) is 0 Å². The number of hydrogen-bond acceptors (Lipinski definition) is 3. The minimum Gasteiger partial charge on any atom is -0.337 e. The number of piperidine rings is 1. The Bertz CT molecular complexity index is 771. The number of nitrogens with one attached hydrogen (secondary N) is 2. The molecule has 2 N–H and O–H groups in total. The Kier molecular flexibility index (Phi) is 7.09. The Balaban J connectivity index is 1.45. The van der Waals surface area contributed by atoms with Crippen LogP contribution in [0.1, 0.15) is 42.3 Å². The van der Waals surface area contributed by atoms with E-state index in [1.807, 2.05) is 29.8 Å². The van der Waals surface area contributed by atoms with Crippen LogP contribution in [0.5, 0.6) is 0 Å². The third-order valence-corrected chi connectivity index (χ3v) is 5.59. The number of amides is 2. The number of nitrogens with zero attached hydrogens (tertiary/aromatic N) is 3. The van der Waals surface area contributed by atoms with Gasteiger partial charge in [0.25, 0.3) is 0 Å². The molecule has 0 radical (unpaired) electrons. The molecule has 0 saturated carbocycles. The van der Waals surface area contributed by atoms with Gasteiger partial charge in [-0.25, -0.2) is 4.79 Å². The predicted octanol–water partition coefficient (Wildman–Crippen LogP) is 3.08. The molecule has 0 bridgehead atoms. The highest BCUT2D eigenvalue weighted by atomic mass is 16.2. The molecule has 28 heavy (non-hydrogen) atoms. The highest BCUT2D eigenvalue weighted by Gasteiger charge is 2.16. The van der Waals surface area contributed by atoms with E-state index in [-0.39, 0.29) is 6.03 Å². The topological polar surface area (TPSA) is 62.2 Å². The first-order chi connectivity index (χ1) is 13.5. The van der Waals surface area contributed by atoms with Gasteiger partial charge in [-0.2, -0.15) is 5.10 Å². The Hall–Kier alpha value is -2.34. The lowest BCUT2D eigenvalue weighted by molar-refractivity contribution is 0.184. The van der Waals surface area contributed by atoms with E-state index in [1.54, 1.807) is 0 Å². The summed E-state index contributed by atoms with van der Waals surface area (Å²) in [5.41, 5.74) is 4.38. The van der Waals surface area contributed by atoms with E-state index in [2.05, 4.69) is 46.6 Å². The van der Waals surface area contributed by atoms with Crippen LogP contribution in [0.25, 0.3) is 0 Å². The van der Waals surface area contributed by atoms with Gasteiger partial charge in [-0.1, -0.05) is 37.3 Å². The SMILES string of the molecule is Cc1nn(Cc2ccccc2)c(C)c1CNC(=O)NCCN1CCCC(C)C1. The normalized spacial score (nSPS) is 17.5. The molecule has 1 saturated heterocycles. The highest BCUT2D eigenvalue weighted by Crippen LogP contribution is 2.15. The number of urea groups is 1. The third kappa shape index (κ3) is 5.58. The molecule has 152 valence electrons. The molecule has 0 spiro atoms. The molecule has 1 aliphatic heterocycles. The summed E-state index contributed by atoms with van der Waals surface area (Å²) in [5.74, 6) is 0.765. The second-order valence-electron chi connectivity index (χ2n) is 7.95. The zero-order valence-electron chi connectivity index (χ0n) is 17.4. The zero-order valence-corrected chi connectivity index (χ0v) is 17.4. The molecule has 1 aromatic heterocycles. The number of carbonyl (C=O) groups is 1. The average molecular weight is 384 g/mol. The van der Waals surface area contributed by atoms with E-state index in [9.17, 15) is 4.79 Å². The molecule has 3 rings (SSSR count). The summed E-state index contributed by atoms with van der Waals surface area (Å²) < 4.78 is 2.01. The minimum absolute atomic E-state index is 0.111. The summed E-state index contributed by atoms with van der Waals surface area (Å²) in [5, 5.41) is 10.6. The largest absolute Gasteiger partial charge is 0.337 e. The van der Waals surface area contributed by atoms with Crippen molar-refractivity contribution >= 4 is 6.03 Å². The van der Waals surface area contributed by atoms with E-state index in [4.69, 9.17) is 0 Å². The fourth-order valence-electron chi connectivity index (χ4n) is 3.95. The monoisotopic (exact) mass is 383 g/mol. The van der Waals surface area contributed by atoms with Crippen molar-refractivity contribution in [3.05, 3.63) is 52.8 Å². The van der Waals surface area contributed by atoms with Gasteiger partial charge in [0.05, 0.1) is 12.2 Å². The summed E-state index contributed by atoms with van der Waals surface area (Å²) >= 11 is 0. The van der Waals surface area contributed by atoms with Crippen LogP contribution in [0, 0.1) is 19.8 Å². The fraction of sp³-hybridized carbons (Fsp3) is 0.545. The van der Waals surface area contributed by atoms with E-state index in [0.29, 0.717) is 13.1 Å². The predicted molar refractivity (Wildman–Crippen MR) is 112 cm³/mol. The maximum atomic E-state index is 12.2. The fourth-order valence-corrected chi connectivity index (χ4v) is 3.95. The van der Waals surface area contributed by atoms with Crippen molar-refractivity contribution in [2.45, 2.75) is 46.7 Å². The lowest BCUT2D eigenvalue weighted by atomic mass is 10.0. The molecule has 1 aromatic carbocycles.